The van der Waals surface area contributed by atoms with E-state index in [1.54, 1.807) is 28.6 Å². The van der Waals surface area contributed by atoms with Crippen LogP contribution in [0.1, 0.15) is 45.4 Å². The number of anilines is 1. The highest BCUT2D eigenvalue weighted by molar-refractivity contribution is 7.89. The third-order valence-electron chi connectivity index (χ3n) is 5.24. The highest BCUT2D eigenvalue weighted by Crippen LogP contribution is 2.24. The van der Waals surface area contributed by atoms with Crippen molar-refractivity contribution in [3.8, 4) is 0 Å². The van der Waals surface area contributed by atoms with Gasteiger partial charge in [-0.25, -0.2) is 8.42 Å². The van der Waals surface area contributed by atoms with Crippen molar-refractivity contribution in [3.63, 3.8) is 0 Å². The van der Waals surface area contributed by atoms with Crippen LogP contribution >= 0.6 is 0 Å². The number of sulfonamides is 1. The summed E-state index contributed by atoms with van der Waals surface area (Å²) in [5.41, 5.74) is 0.619. The van der Waals surface area contributed by atoms with Gasteiger partial charge in [-0.1, -0.05) is 6.92 Å². The maximum absolute atomic E-state index is 12.7. The van der Waals surface area contributed by atoms with Crippen LogP contribution in [0, 0.1) is 5.92 Å². The van der Waals surface area contributed by atoms with Crippen molar-refractivity contribution in [2.24, 2.45) is 5.92 Å². The molecule has 7 heteroatoms. The minimum Gasteiger partial charge on any atom is -0.378 e. The number of carbonyl (C=O) groups is 1. The first-order valence-electron chi connectivity index (χ1n) is 9.47. The quantitative estimate of drug-likeness (QED) is 0.823. The highest BCUT2D eigenvalue weighted by Gasteiger charge is 2.27. The number of nitrogens with zero attached hydrogens (tertiary/aromatic N) is 1. The topological polar surface area (TPSA) is 75.7 Å². The Morgan fingerprint density at radius 2 is 1.88 bits per heavy atom. The van der Waals surface area contributed by atoms with E-state index in [9.17, 15) is 13.2 Å². The van der Waals surface area contributed by atoms with E-state index in [2.05, 4.69) is 12.2 Å². The Bertz CT molecular complexity index is 704. The Kier molecular flexibility index (Phi) is 6.32. The van der Waals surface area contributed by atoms with Gasteiger partial charge in [-0.2, -0.15) is 4.31 Å². The van der Waals surface area contributed by atoms with Gasteiger partial charge in [-0.15, -0.1) is 0 Å². The number of rotatable bonds is 6. The Hall–Kier alpha value is -1.44. The van der Waals surface area contributed by atoms with E-state index in [0.29, 0.717) is 31.1 Å². The lowest BCUT2D eigenvalue weighted by molar-refractivity contribution is -0.116. The highest BCUT2D eigenvalue weighted by atomic mass is 32.2. The second-order valence-electron chi connectivity index (χ2n) is 7.33. The lowest BCUT2D eigenvalue weighted by Crippen LogP contribution is -2.37. The number of benzene rings is 1. The third-order valence-corrected chi connectivity index (χ3v) is 7.15. The minimum atomic E-state index is -3.45. The van der Waals surface area contributed by atoms with Crippen LogP contribution in [0.5, 0.6) is 0 Å². The molecule has 0 saturated carbocycles. The number of piperidine rings is 1. The smallest absolute Gasteiger partial charge is 0.243 e. The molecule has 2 aliphatic rings. The first kappa shape index (κ1) is 19.3. The molecule has 1 atom stereocenters. The van der Waals surface area contributed by atoms with Crippen molar-refractivity contribution in [2.75, 3.05) is 25.0 Å². The second-order valence-corrected chi connectivity index (χ2v) is 9.27. The Balaban J connectivity index is 1.54. The minimum absolute atomic E-state index is 0.0684. The molecule has 1 amide bonds. The average Bonchev–Trinajstić information content (AvgIpc) is 3.14. The molecule has 2 saturated heterocycles. The summed E-state index contributed by atoms with van der Waals surface area (Å²) in [6, 6.07) is 6.46. The molecule has 2 heterocycles. The lowest BCUT2D eigenvalue weighted by atomic mass is 10.0. The molecule has 0 aromatic heterocycles. The molecule has 3 rings (SSSR count). The molecule has 26 heavy (non-hydrogen) atoms. The SMILES string of the molecule is CC1CCN(S(=O)(=O)c2ccc(NC(=O)CCC3CCCO3)cc2)CC1. The van der Waals surface area contributed by atoms with Crippen LogP contribution < -0.4 is 5.32 Å². The van der Waals surface area contributed by atoms with Crippen molar-refractivity contribution in [2.45, 2.75) is 56.4 Å². The first-order valence-corrected chi connectivity index (χ1v) is 10.9. The number of hydrogen-bond donors (Lipinski definition) is 1. The summed E-state index contributed by atoms with van der Waals surface area (Å²) < 4.78 is 32.5. The molecule has 1 unspecified atom stereocenters. The predicted molar refractivity (Wildman–Crippen MR) is 100 cm³/mol. The van der Waals surface area contributed by atoms with Gasteiger partial charge in [0.2, 0.25) is 15.9 Å². The van der Waals surface area contributed by atoms with Crippen molar-refractivity contribution in [1.29, 1.82) is 0 Å². The van der Waals surface area contributed by atoms with E-state index < -0.39 is 10.0 Å². The molecular formula is C19H28N2O4S. The van der Waals surface area contributed by atoms with Gasteiger partial charge in [0, 0.05) is 31.8 Å². The normalized spacial score (nSPS) is 22.4. The lowest BCUT2D eigenvalue weighted by Gasteiger charge is -2.29. The standard InChI is InChI=1S/C19H28N2O4S/c1-15-10-12-21(13-11-15)26(23,24)18-7-4-16(5-8-18)20-19(22)9-6-17-3-2-14-25-17/h4-5,7-8,15,17H,2-3,6,9-14H2,1H3,(H,20,22). The number of carbonyl (C=O) groups excluding carboxylic acids is 1. The van der Waals surface area contributed by atoms with Gasteiger partial charge in [0.15, 0.2) is 0 Å². The monoisotopic (exact) mass is 380 g/mol. The molecule has 0 spiro atoms. The Labute approximate surface area is 156 Å². The van der Waals surface area contributed by atoms with Crippen molar-refractivity contribution < 1.29 is 17.9 Å². The molecule has 1 N–H and O–H groups in total. The molecule has 1 aromatic carbocycles. The maximum atomic E-state index is 12.7. The average molecular weight is 381 g/mol. The fourth-order valence-corrected chi connectivity index (χ4v) is 4.94. The number of amides is 1. The van der Waals surface area contributed by atoms with Gasteiger partial charge >= 0.3 is 0 Å². The van der Waals surface area contributed by atoms with E-state index in [1.807, 2.05) is 0 Å². The predicted octanol–water partition coefficient (Wildman–Crippen LogP) is 3.00. The van der Waals surface area contributed by atoms with Crippen LogP contribution in [0.15, 0.2) is 29.2 Å². The summed E-state index contributed by atoms with van der Waals surface area (Å²) in [4.78, 5) is 12.3. The fourth-order valence-electron chi connectivity index (χ4n) is 3.47. The van der Waals surface area contributed by atoms with Gasteiger partial charge in [0.05, 0.1) is 11.0 Å². The molecule has 1 aromatic rings. The van der Waals surface area contributed by atoms with E-state index in [0.717, 1.165) is 38.7 Å². The van der Waals surface area contributed by atoms with E-state index >= 15 is 0 Å². The van der Waals surface area contributed by atoms with Crippen LogP contribution in [0.4, 0.5) is 5.69 Å². The van der Waals surface area contributed by atoms with Crippen LogP contribution in [0.3, 0.4) is 0 Å². The van der Waals surface area contributed by atoms with Crippen LogP contribution in [-0.2, 0) is 19.6 Å². The number of hydrogen-bond acceptors (Lipinski definition) is 4. The van der Waals surface area contributed by atoms with Crippen molar-refractivity contribution in [1.82, 2.24) is 4.31 Å². The van der Waals surface area contributed by atoms with Crippen LogP contribution in [0.2, 0.25) is 0 Å². The molecular weight excluding hydrogens is 352 g/mol. The maximum Gasteiger partial charge on any atom is 0.243 e. The van der Waals surface area contributed by atoms with E-state index in [4.69, 9.17) is 4.74 Å². The first-order chi connectivity index (χ1) is 12.4. The Morgan fingerprint density at radius 1 is 1.19 bits per heavy atom. The molecule has 6 nitrogen and oxygen atoms in total. The molecule has 2 fully saturated rings. The summed E-state index contributed by atoms with van der Waals surface area (Å²) in [6.07, 6.45) is 5.23. The molecule has 0 radical (unpaired) electrons. The van der Waals surface area contributed by atoms with E-state index in [1.165, 1.54) is 0 Å². The zero-order chi connectivity index (χ0) is 18.6. The summed E-state index contributed by atoms with van der Waals surface area (Å²) in [7, 11) is -3.45. The van der Waals surface area contributed by atoms with E-state index in [-0.39, 0.29) is 16.9 Å². The fraction of sp³-hybridized carbons (Fsp3) is 0.632. The summed E-state index contributed by atoms with van der Waals surface area (Å²) >= 11 is 0. The van der Waals surface area contributed by atoms with Gasteiger partial charge < -0.3 is 10.1 Å². The second kappa shape index (κ2) is 8.50. The molecule has 2 aliphatic heterocycles. The van der Waals surface area contributed by atoms with Crippen molar-refractivity contribution >= 4 is 21.6 Å². The van der Waals surface area contributed by atoms with Gasteiger partial charge in [-0.05, 0) is 62.3 Å². The van der Waals surface area contributed by atoms with Crippen LogP contribution in [-0.4, -0.2) is 44.4 Å². The van der Waals surface area contributed by atoms with Gasteiger partial charge in [0.1, 0.15) is 0 Å². The third kappa shape index (κ3) is 4.84. The van der Waals surface area contributed by atoms with Gasteiger partial charge in [-0.3, -0.25) is 4.79 Å². The largest absolute Gasteiger partial charge is 0.378 e. The zero-order valence-electron chi connectivity index (χ0n) is 15.3. The number of nitrogens with one attached hydrogen (secondary N) is 1. The summed E-state index contributed by atoms with van der Waals surface area (Å²) in [5.74, 6) is 0.509. The van der Waals surface area contributed by atoms with Crippen molar-refractivity contribution in [3.05, 3.63) is 24.3 Å². The summed E-state index contributed by atoms with van der Waals surface area (Å²) in [6.45, 7) is 4.09. The zero-order valence-corrected chi connectivity index (χ0v) is 16.1. The number of ether oxygens (including phenoxy) is 1. The Morgan fingerprint density at radius 3 is 2.50 bits per heavy atom. The van der Waals surface area contributed by atoms with Gasteiger partial charge in [0.25, 0.3) is 0 Å². The molecule has 0 bridgehead atoms. The van der Waals surface area contributed by atoms with Crippen LogP contribution in [0.25, 0.3) is 0 Å². The molecule has 0 aliphatic carbocycles. The molecule has 144 valence electrons. The summed E-state index contributed by atoms with van der Waals surface area (Å²) in [5, 5.41) is 2.83.